The summed E-state index contributed by atoms with van der Waals surface area (Å²) in [5.41, 5.74) is 7.37. The molecule has 0 saturated heterocycles. The summed E-state index contributed by atoms with van der Waals surface area (Å²) in [4.78, 5) is 11.5. The number of nitrogens with zero attached hydrogens (tertiary/aromatic N) is 1. The third kappa shape index (κ3) is 3.28. The molecule has 2 aromatic rings. The molecule has 5 nitrogen and oxygen atoms in total. The summed E-state index contributed by atoms with van der Waals surface area (Å²) in [7, 11) is -3.86. The highest BCUT2D eigenvalue weighted by molar-refractivity contribution is 7.92. The van der Waals surface area contributed by atoms with Gasteiger partial charge in [0.05, 0.1) is 10.6 Å². The molecule has 0 atom stereocenters. The maximum absolute atomic E-state index is 12.8. The molecule has 0 aliphatic heterocycles. The van der Waals surface area contributed by atoms with Crippen LogP contribution in [0, 0.1) is 13.8 Å². The monoisotopic (exact) mass is 318 g/mol. The molecule has 0 unspecified atom stereocenters. The van der Waals surface area contributed by atoms with Crippen molar-refractivity contribution < 1.29 is 13.2 Å². The molecular weight excluding hydrogens is 300 g/mol. The van der Waals surface area contributed by atoms with Crippen molar-refractivity contribution in [2.24, 2.45) is 5.73 Å². The van der Waals surface area contributed by atoms with E-state index in [9.17, 15) is 13.2 Å². The minimum Gasteiger partial charge on any atom is -0.368 e. The van der Waals surface area contributed by atoms with Gasteiger partial charge >= 0.3 is 0 Å². The van der Waals surface area contributed by atoms with Gasteiger partial charge in [0.2, 0.25) is 5.91 Å². The molecule has 0 aromatic heterocycles. The number of hydrogen-bond donors (Lipinski definition) is 1. The van der Waals surface area contributed by atoms with Crippen LogP contribution in [-0.4, -0.2) is 20.9 Å². The number of carbonyl (C=O) groups is 1. The van der Waals surface area contributed by atoms with Crippen LogP contribution in [-0.2, 0) is 14.8 Å². The number of rotatable bonds is 5. The van der Waals surface area contributed by atoms with Gasteiger partial charge in [-0.05, 0) is 43.2 Å². The highest BCUT2D eigenvalue weighted by Gasteiger charge is 2.27. The van der Waals surface area contributed by atoms with Crippen LogP contribution in [0.25, 0.3) is 0 Å². The second kappa shape index (κ2) is 6.19. The molecule has 2 aromatic carbocycles. The Morgan fingerprint density at radius 1 is 1.09 bits per heavy atom. The van der Waals surface area contributed by atoms with Crippen LogP contribution >= 0.6 is 0 Å². The first-order valence-corrected chi connectivity index (χ1v) is 8.19. The minimum atomic E-state index is -3.86. The Morgan fingerprint density at radius 2 is 1.73 bits per heavy atom. The zero-order valence-electron chi connectivity index (χ0n) is 12.5. The smallest absolute Gasteiger partial charge is 0.264 e. The molecule has 116 valence electrons. The molecule has 0 fully saturated rings. The summed E-state index contributed by atoms with van der Waals surface area (Å²) < 4.78 is 26.8. The van der Waals surface area contributed by atoms with E-state index < -0.39 is 22.5 Å². The second-order valence-corrected chi connectivity index (χ2v) is 6.94. The van der Waals surface area contributed by atoms with Crippen molar-refractivity contribution in [3.63, 3.8) is 0 Å². The third-order valence-corrected chi connectivity index (χ3v) is 5.04. The molecule has 0 aliphatic carbocycles. The van der Waals surface area contributed by atoms with Gasteiger partial charge in [0, 0.05) is 0 Å². The van der Waals surface area contributed by atoms with Crippen molar-refractivity contribution in [3.8, 4) is 0 Å². The Morgan fingerprint density at radius 3 is 2.32 bits per heavy atom. The average molecular weight is 318 g/mol. The number of sulfonamides is 1. The molecule has 0 radical (unpaired) electrons. The Kier molecular flexibility index (Phi) is 4.51. The lowest BCUT2D eigenvalue weighted by Gasteiger charge is -2.25. The molecule has 0 spiro atoms. The molecule has 2 N–H and O–H groups in total. The van der Waals surface area contributed by atoms with Gasteiger partial charge in [0.1, 0.15) is 6.54 Å². The van der Waals surface area contributed by atoms with Gasteiger partial charge < -0.3 is 5.73 Å². The van der Waals surface area contributed by atoms with Crippen LogP contribution in [0.3, 0.4) is 0 Å². The van der Waals surface area contributed by atoms with Gasteiger partial charge in [-0.1, -0.05) is 30.3 Å². The highest BCUT2D eigenvalue weighted by atomic mass is 32.2. The van der Waals surface area contributed by atoms with E-state index >= 15 is 0 Å². The van der Waals surface area contributed by atoms with Gasteiger partial charge in [-0.3, -0.25) is 9.10 Å². The lowest BCUT2D eigenvalue weighted by molar-refractivity contribution is -0.116. The summed E-state index contributed by atoms with van der Waals surface area (Å²) in [6.07, 6.45) is 0. The number of hydrogen-bond acceptors (Lipinski definition) is 3. The molecule has 6 heteroatoms. The van der Waals surface area contributed by atoms with Crippen LogP contribution in [0.1, 0.15) is 11.1 Å². The zero-order chi connectivity index (χ0) is 16.3. The van der Waals surface area contributed by atoms with Crippen LogP contribution in [0.2, 0.25) is 0 Å². The molecule has 2 rings (SSSR count). The molecule has 0 heterocycles. The predicted octanol–water partition coefficient (Wildman–Crippen LogP) is 1.98. The highest BCUT2D eigenvalue weighted by Crippen LogP contribution is 2.27. The van der Waals surface area contributed by atoms with E-state index in [-0.39, 0.29) is 4.90 Å². The van der Waals surface area contributed by atoms with E-state index in [1.165, 1.54) is 12.1 Å². The number of anilines is 1. The lowest BCUT2D eigenvalue weighted by Crippen LogP contribution is -2.39. The molecule has 0 saturated carbocycles. The Labute approximate surface area is 130 Å². The minimum absolute atomic E-state index is 0.122. The van der Waals surface area contributed by atoms with Crippen LogP contribution in [0.5, 0.6) is 0 Å². The van der Waals surface area contributed by atoms with Crippen LogP contribution in [0.15, 0.2) is 53.4 Å². The van der Waals surface area contributed by atoms with Crippen molar-refractivity contribution in [1.29, 1.82) is 0 Å². The predicted molar refractivity (Wildman–Crippen MR) is 86.1 cm³/mol. The van der Waals surface area contributed by atoms with Crippen molar-refractivity contribution in [3.05, 3.63) is 59.7 Å². The van der Waals surface area contributed by atoms with Crippen molar-refractivity contribution in [1.82, 2.24) is 0 Å². The van der Waals surface area contributed by atoms with E-state index in [1.54, 1.807) is 31.2 Å². The first-order chi connectivity index (χ1) is 10.3. The normalized spacial score (nSPS) is 11.2. The van der Waals surface area contributed by atoms with Gasteiger partial charge in [-0.25, -0.2) is 8.42 Å². The topological polar surface area (TPSA) is 80.5 Å². The third-order valence-electron chi connectivity index (χ3n) is 3.26. The molecule has 1 amide bonds. The number of primary amides is 1. The average Bonchev–Trinajstić information content (AvgIpc) is 2.48. The van der Waals surface area contributed by atoms with Gasteiger partial charge in [-0.15, -0.1) is 0 Å². The number of amides is 1. The lowest BCUT2D eigenvalue weighted by atomic mass is 10.1. The van der Waals surface area contributed by atoms with Crippen molar-refractivity contribution in [2.75, 3.05) is 10.8 Å². The number of carbonyl (C=O) groups excluding carboxylic acids is 1. The largest absolute Gasteiger partial charge is 0.368 e. The van der Waals surface area contributed by atoms with Crippen molar-refractivity contribution >= 4 is 21.6 Å². The standard InChI is InChI=1S/C16H18N2O3S/c1-12-8-9-13(2)15(10-12)18(11-16(17)19)22(20,21)14-6-4-3-5-7-14/h3-10H,11H2,1-2H3,(H2,17,19). The second-order valence-electron chi connectivity index (χ2n) is 5.08. The number of aryl methyl sites for hydroxylation is 2. The Balaban J connectivity index is 2.60. The molecule has 22 heavy (non-hydrogen) atoms. The molecule has 0 bridgehead atoms. The SMILES string of the molecule is Cc1ccc(C)c(N(CC(N)=O)S(=O)(=O)c2ccccc2)c1. The first kappa shape index (κ1) is 16.0. The first-order valence-electron chi connectivity index (χ1n) is 6.75. The van der Waals surface area contributed by atoms with Gasteiger partial charge in [0.15, 0.2) is 0 Å². The van der Waals surface area contributed by atoms with Crippen molar-refractivity contribution in [2.45, 2.75) is 18.7 Å². The summed E-state index contributed by atoms with van der Waals surface area (Å²) in [5.74, 6) is -0.708. The Hall–Kier alpha value is -2.34. The Bertz CT molecular complexity index is 786. The molecule has 0 aliphatic rings. The van der Waals surface area contributed by atoms with Crippen LogP contribution in [0.4, 0.5) is 5.69 Å². The maximum Gasteiger partial charge on any atom is 0.264 e. The van der Waals surface area contributed by atoms with E-state index in [1.807, 2.05) is 19.1 Å². The zero-order valence-corrected chi connectivity index (χ0v) is 13.3. The number of nitrogens with two attached hydrogens (primary N) is 1. The fraction of sp³-hybridized carbons (Fsp3) is 0.188. The van der Waals surface area contributed by atoms with E-state index in [2.05, 4.69) is 0 Å². The fourth-order valence-electron chi connectivity index (χ4n) is 2.15. The maximum atomic E-state index is 12.8. The summed E-state index contributed by atoms with van der Waals surface area (Å²) in [6, 6.07) is 13.4. The van der Waals surface area contributed by atoms with Gasteiger partial charge in [0.25, 0.3) is 10.0 Å². The van der Waals surface area contributed by atoms with E-state index in [0.717, 1.165) is 15.4 Å². The summed E-state index contributed by atoms with van der Waals surface area (Å²) in [5, 5.41) is 0. The summed E-state index contributed by atoms with van der Waals surface area (Å²) in [6.45, 7) is 3.26. The molecular formula is C16H18N2O3S. The fourth-order valence-corrected chi connectivity index (χ4v) is 3.66. The van der Waals surface area contributed by atoms with E-state index in [4.69, 9.17) is 5.73 Å². The number of benzene rings is 2. The van der Waals surface area contributed by atoms with Gasteiger partial charge in [-0.2, -0.15) is 0 Å². The van der Waals surface area contributed by atoms with Crippen LogP contribution < -0.4 is 10.0 Å². The quantitative estimate of drug-likeness (QED) is 0.915. The van der Waals surface area contributed by atoms with E-state index in [0.29, 0.717) is 5.69 Å². The summed E-state index contributed by atoms with van der Waals surface area (Å²) >= 11 is 0.